The molecule has 0 atom stereocenters. The predicted molar refractivity (Wildman–Crippen MR) is 142 cm³/mol. The summed E-state index contributed by atoms with van der Waals surface area (Å²) < 4.78 is 0. The number of aromatic nitrogens is 1. The fourth-order valence-corrected chi connectivity index (χ4v) is 5.25. The smallest absolute Gasteiger partial charge is 0.257 e. The summed E-state index contributed by atoms with van der Waals surface area (Å²) in [5.41, 5.74) is 2.82. The maximum atomic E-state index is 12.5. The van der Waals surface area contributed by atoms with Gasteiger partial charge in [0, 0.05) is 26.0 Å². The summed E-state index contributed by atoms with van der Waals surface area (Å²) in [6.45, 7) is 1.99. The van der Waals surface area contributed by atoms with Gasteiger partial charge in [-0.05, 0) is 43.3 Å². The van der Waals surface area contributed by atoms with E-state index in [0.717, 1.165) is 21.0 Å². The van der Waals surface area contributed by atoms with Crippen molar-refractivity contribution in [3.05, 3.63) is 93.3 Å². The monoisotopic (exact) mass is 527 g/mol. The normalized spacial score (nSPS) is 10.7. The van der Waals surface area contributed by atoms with Crippen molar-refractivity contribution in [1.29, 1.82) is 0 Å². The van der Waals surface area contributed by atoms with Crippen LogP contribution >= 0.6 is 46.3 Å². The van der Waals surface area contributed by atoms with Gasteiger partial charge in [0.2, 0.25) is 5.91 Å². The average molecular weight is 528 g/mol. The van der Waals surface area contributed by atoms with E-state index < -0.39 is 0 Å². The zero-order valence-electron chi connectivity index (χ0n) is 18.0. The molecule has 0 spiro atoms. The fraction of sp³-hybridized carbons (Fsp3) is 0.0800. The number of halogens is 2. The number of benzene rings is 3. The van der Waals surface area contributed by atoms with E-state index in [1.165, 1.54) is 29.2 Å². The van der Waals surface area contributed by atoms with Gasteiger partial charge in [-0.3, -0.25) is 9.59 Å². The molecule has 34 heavy (non-hydrogen) atoms. The van der Waals surface area contributed by atoms with Gasteiger partial charge >= 0.3 is 0 Å². The lowest BCUT2D eigenvalue weighted by atomic mass is 10.1. The highest BCUT2D eigenvalue weighted by Crippen LogP contribution is 2.30. The fourth-order valence-electron chi connectivity index (χ4n) is 3.15. The van der Waals surface area contributed by atoms with Crippen LogP contribution in [0.15, 0.2) is 77.7 Å². The van der Waals surface area contributed by atoms with Gasteiger partial charge in [0.25, 0.3) is 5.91 Å². The number of hydrogen-bond donors (Lipinski definition) is 2. The maximum absolute atomic E-state index is 12.5. The summed E-state index contributed by atoms with van der Waals surface area (Å²) in [5.74, 6) is -0.282. The van der Waals surface area contributed by atoms with Crippen molar-refractivity contribution < 1.29 is 9.59 Å². The maximum Gasteiger partial charge on any atom is 0.257 e. The Morgan fingerprint density at radius 3 is 2.53 bits per heavy atom. The van der Waals surface area contributed by atoms with Crippen molar-refractivity contribution >= 4 is 68.9 Å². The first-order valence-electron chi connectivity index (χ1n) is 10.2. The average Bonchev–Trinajstić information content (AvgIpc) is 3.18. The number of thiazole rings is 1. The molecule has 1 aromatic heterocycles. The number of thioether (sulfide) groups is 1. The Hall–Kier alpha value is -2.84. The molecule has 0 aliphatic heterocycles. The Kier molecular flexibility index (Phi) is 7.90. The van der Waals surface area contributed by atoms with Gasteiger partial charge in [-0.2, -0.15) is 0 Å². The summed E-state index contributed by atoms with van der Waals surface area (Å²) >= 11 is 14.8. The highest BCUT2D eigenvalue weighted by atomic mass is 35.5. The van der Waals surface area contributed by atoms with E-state index in [4.69, 9.17) is 23.2 Å². The highest BCUT2D eigenvalue weighted by Gasteiger charge is 2.14. The molecule has 0 fully saturated rings. The SMILES string of the molecule is Cc1sc(NC(=O)CSc2cccc(NC(=O)c3ccc(Cl)cc3Cl)c2)nc1-c1ccccc1. The molecular formula is C25H19Cl2N3O2S2. The van der Waals surface area contributed by atoms with E-state index in [2.05, 4.69) is 15.6 Å². The molecule has 2 N–H and O–H groups in total. The van der Waals surface area contributed by atoms with Gasteiger partial charge in [0.05, 0.1) is 22.0 Å². The quantitative estimate of drug-likeness (QED) is 0.245. The Morgan fingerprint density at radius 2 is 1.76 bits per heavy atom. The van der Waals surface area contributed by atoms with Crippen LogP contribution in [0.25, 0.3) is 11.3 Å². The molecule has 5 nitrogen and oxygen atoms in total. The van der Waals surface area contributed by atoms with E-state index >= 15 is 0 Å². The number of nitrogens with one attached hydrogen (secondary N) is 2. The molecule has 0 bridgehead atoms. The lowest BCUT2D eigenvalue weighted by Gasteiger charge is -2.09. The van der Waals surface area contributed by atoms with Gasteiger partial charge in [-0.1, -0.05) is 59.6 Å². The molecule has 9 heteroatoms. The van der Waals surface area contributed by atoms with E-state index in [0.29, 0.717) is 21.4 Å². The van der Waals surface area contributed by atoms with Crippen molar-refractivity contribution in [3.8, 4) is 11.3 Å². The van der Waals surface area contributed by atoms with Crippen LogP contribution in [0.3, 0.4) is 0 Å². The number of hydrogen-bond acceptors (Lipinski definition) is 5. The lowest BCUT2D eigenvalue weighted by molar-refractivity contribution is -0.113. The molecule has 3 aromatic carbocycles. The standard InChI is InChI=1S/C25H19Cl2N3O2S2/c1-15-23(16-6-3-2-4-7-16)30-25(34-15)29-22(31)14-33-19-9-5-8-18(13-19)28-24(32)20-11-10-17(26)12-21(20)27/h2-13H,14H2,1H3,(H,28,32)(H,29,30,31). The molecule has 0 aliphatic carbocycles. The number of rotatable bonds is 7. The topological polar surface area (TPSA) is 71.1 Å². The third-order valence-electron chi connectivity index (χ3n) is 4.73. The van der Waals surface area contributed by atoms with Gasteiger partial charge in [-0.15, -0.1) is 23.1 Å². The Morgan fingerprint density at radius 1 is 0.971 bits per heavy atom. The minimum atomic E-state index is -0.338. The van der Waals surface area contributed by atoms with Gasteiger partial charge in [0.15, 0.2) is 5.13 Å². The molecule has 0 saturated carbocycles. The highest BCUT2D eigenvalue weighted by molar-refractivity contribution is 8.00. The number of aryl methyl sites for hydroxylation is 1. The molecule has 172 valence electrons. The van der Waals surface area contributed by atoms with Gasteiger partial charge < -0.3 is 10.6 Å². The second-order valence-corrected chi connectivity index (χ2v) is 10.3. The van der Waals surface area contributed by atoms with Crippen LogP contribution in [-0.4, -0.2) is 22.6 Å². The molecule has 0 aliphatic rings. The van der Waals surface area contributed by atoms with Crippen LogP contribution in [-0.2, 0) is 4.79 Å². The van der Waals surface area contributed by atoms with Gasteiger partial charge in [-0.25, -0.2) is 4.98 Å². The second kappa shape index (κ2) is 11.1. The third-order valence-corrected chi connectivity index (χ3v) is 7.16. The number of amides is 2. The molecule has 4 aromatic rings. The number of nitrogens with zero attached hydrogens (tertiary/aromatic N) is 1. The predicted octanol–water partition coefficient (Wildman–Crippen LogP) is 7.41. The number of carbonyl (C=O) groups is 2. The molecule has 2 amide bonds. The van der Waals surface area contributed by atoms with Crippen molar-refractivity contribution in [2.75, 3.05) is 16.4 Å². The molecule has 0 unspecified atom stereocenters. The molecule has 0 saturated heterocycles. The summed E-state index contributed by atoms with van der Waals surface area (Å²) in [6, 6.07) is 21.9. The number of carbonyl (C=O) groups excluding carboxylic acids is 2. The van der Waals surface area contributed by atoms with Crippen LogP contribution < -0.4 is 10.6 Å². The van der Waals surface area contributed by atoms with E-state index in [1.54, 1.807) is 24.3 Å². The molecular weight excluding hydrogens is 509 g/mol. The largest absolute Gasteiger partial charge is 0.322 e. The van der Waals surface area contributed by atoms with Crippen LogP contribution in [0.2, 0.25) is 10.0 Å². The molecule has 1 heterocycles. The zero-order chi connectivity index (χ0) is 24.1. The van der Waals surface area contributed by atoms with Crippen LogP contribution in [0.1, 0.15) is 15.2 Å². The summed E-state index contributed by atoms with van der Waals surface area (Å²) in [7, 11) is 0. The third kappa shape index (κ3) is 6.18. The van der Waals surface area contributed by atoms with Gasteiger partial charge in [0.1, 0.15) is 0 Å². The van der Waals surface area contributed by atoms with Crippen LogP contribution in [0.4, 0.5) is 10.8 Å². The first-order valence-corrected chi connectivity index (χ1v) is 12.8. The number of anilines is 2. The van der Waals surface area contributed by atoms with E-state index in [9.17, 15) is 9.59 Å². The zero-order valence-corrected chi connectivity index (χ0v) is 21.1. The lowest BCUT2D eigenvalue weighted by Crippen LogP contribution is -2.14. The second-order valence-electron chi connectivity index (χ2n) is 7.23. The molecule has 4 rings (SSSR count). The first kappa shape index (κ1) is 24.3. The Bertz CT molecular complexity index is 1340. The first-order chi connectivity index (χ1) is 16.4. The summed E-state index contributed by atoms with van der Waals surface area (Å²) in [5, 5.41) is 7.01. The minimum Gasteiger partial charge on any atom is -0.322 e. The summed E-state index contributed by atoms with van der Waals surface area (Å²) in [4.78, 5) is 31.5. The van der Waals surface area contributed by atoms with E-state index in [1.807, 2.05) is 49.4 Å². The van der Waals surface area contributed by atoms with Crippen molar-refractivity contribution in [2.24, 2.45) is 0 Å². The van der Waals surface area contributed by atoms with Crippen molar-refractivity contribution in [2.45, 2.75) is 11.8 Å². The van der Waals surface area contributed by atoms with Crippen molar-refractivity contribution in [3.63, 3.8) is 0 Å². The van der Waals surface area contributed by atoms with Crippen molar-refractivity contribution in [1.82, 2.24) is 4.98 Å². The minimum absolute atomic E-state index is 0.152. The van der Waals surface area contributed by atoms with E-state index in [-0.39, 0.29) is 22.6 Å². The summed E-state index contributed by atoms with van der Waals surface area (Å²) in [6.07, 6.45) is 0. The van der Waals surface area contributed by atoms with Crippen LogP contribution in [0.5, 0.6) is 0 Å². The van der Waals surface area contributed by atoms with Crippen LogP contribution in [0, 0.1) is 6.92 Å². The molecule has 0 radical (unpaired) electrons. The Labute approximate surface area is 215 Å². The Balaban J connectivity index is 1.35.